The lowest BCUT2D eigenvalue weighted by Gasteiger charge is -2.05. The van der Waals surface area contributed by atoms with Gasteiger partial charge in [0.25, 0.3) is 5.91 Å². The van der Waals surface area contributed by atoms with Gasteiger partial charge in [-0.25, -0.2) is 0 Å². The summed E-state index contributed by atoms with van der Waals surface area (Å²) in [7, 11) is 0. The number of carbonyl (C=O) groups excluding carboxylic acids is 1. The van der Waals surface area contributed by atoms with Crippen LogP contribution in [0.3, 0.4) is 0 Å². The Morgan fingerprint density at radius 3 is 2.67 bits per heavy atom. The lowest BCUT2D eigenvalue weighted by atomic mass is 10.1. The normalized spacial score (nSPS) is 10.4. The van der Waals surface area contributed by atoms with Crippen molar-refractivity contribution in [1.82, 2.24) is 5.32 Å². The summed E-state index contributed by atoms with van der Waals surface area (Å²) in [5, 5.41) is 2.93. The standard InChI is InChI=1S/C14H14BrNOS/c1-9-5-11(7-12(15)6-9)14(17)16-8-13-4-3-10(2)18-13/h3-7H,8H2,1-2H3,(H,16,17). The van der Waals surface area contributed by atoms with Crippen molar-refractivity contribution >= 4 is 33.2 Å². The van der Waals surface area contributed by atoms with Crippen molar-refractivity contribution in [3.8, 4) is 0 Å². The van der Waals surface area contributed by atoms with Crippen LogP contribution in [-0.4, -0.2) is 5.91 Å². The molecule has 0 radical (unpaired) electrons. The van der Waals surface area contributed by atoms with Crippen molar-refractivity contribution < 1.29 is 4.79 Å². The number of rotatable bonds is 3. The minimum absolute atomic E-state index is 0.0366. The summed E-state index contributed by atoms with van der Waals surface area (Å²) >= 11 is 5.11. The van der Waals surface area contributed by atoms with Crippen LogP contribution in [0.4, 0.5) is 0 Å². The van der Waals surface area contributed by atoms with Gasteiger partial charge >= 0.3 is 0 Å². The maximum atomic E-state index is 12.0. The van der Waals surface area contributed by atoms with Crippen LogP contribution in [0, 0.1) is 13.8 Å². The van der Waals surface area contributed by atoms with Crippen LogP contribution in [0.15, 0.2) is 34.8 Å². The molecular weight excluding hydrogens is 310 g/mol. The molecule has 0 fully saturated rings. The first-order chi connectivity index (χ1) is 8.54. The van der Waals surface area contributed by atoms with E-state index in [9.17, 15) is 4.79 Å². The molecule has 0 aliphatic rings. The molecule has 0 aliphatic carbocycles. The van der Waals surface area contributed by atoms with Crippen LogP contribution in [0.5, 0.6) is 0 Å². The summed E-state index contributed by atoms with van der Waals surface area (Å²) in [5.41, 5.74) is 1.76. The lowest BCUT2D eigenvalue weighted by Crippen LogP contribution is -2.22. The Morgan fingerprint density at radius 2 is 2.06 bits per heavy atom. The maximum Gasteiger partial charge on any atom is 0.251 e. The molecule has 94 valence electrons. The van der Waals surface area contributed by atoms with Crippen molar-refractivity contribution in [2.24, 2.45) is 0 Å². The molecule has 0 saturated carbocycles. The first-order valence-corrected chi connectivity index (χ1v) is 7.26. The number of aryl methyl sites for hydroxylation is 2. The van der Waals surface area contributed by atoms with E-state index < -0.39 is 0 Å². The molecule has 0 aliphatic heterocycles. The van der Waals surface area contributed by atoms with Crippen molar-refractivity contribution in [3.05, 3.63) is 55.7 Å². The minimum Gasteiger partial charge on any atom is -0.347 e. The van der Waals surface area contributed by atoms with Gasteiger partial charge in [-0.1, -0.05) is 15.9 Å². The van der Waals surface area contributed by atoms with E-state index in [1.807, 2.05) is 31.2 Å². The molecule has 1 amide bonds. The molecular formula is C14H14BrNOS. The lowest BCUT2D eigenvalue weighted by molar-refractivity contribution is 0.0951. The number of thiophene rings is 1. The van der Waals surface area contributed by atoms with Crippen molar-refractivity contribution in [3.63, 3.8) is 0 Å². The van der Waals surface area contributed by atoms with Crippen molar-refractivity contribution in [2.75, 3.05) is 0 Å². The number of halogens is 1. The average Bonchev–Trinajstić information content (AvgIpc) is 2.70. The molecule has 2 aromatic rings. The maximum absolute atomic E-state index is 12.0. The van der Waals surface area contributed by atoms with Gasteiger partial charge in [0.2, 0.25) is 0 Å². The number of benzene rings is 1. The van der Waals surface area contributed by atoms with Gasteiger partial charge in [0, 0.05) is 19.8 Å². The highest BCUT2D eigenvalue weighted by Crippen LogP contribution is 2.17. The van der Waals surface area contributed by atoms with Gasteiger partial charge in [-0.05, 0) is 49.7 Å². The second-order valence-electron chi connectivity index (χ2n) is 4.21. The largest absolute Gasteiger partial charge is 0.347 e. The summed E-state index contributed by atoms with van der Waals surface area (Å²) in [5.74, 6) is -0.0366. The van der Waals surface area contributed by atoms with Crippen LogP contribution in [0.1, 0.15) is 25.7 Å². The van der Waals surface area contributed by atoms with Gasteiger partial charge in [-0.15, -0.1) is 11.3 Å². The molecule has 0 spiro atoms. The van der Waals surface area contributed by atoms with Gasteiger partial charge in [0.15, 0.2) is 0 Å². The van der Waals surface area contributed by atoms with Crippen LogP contribution in [0.2, 0.25) is 0 Å². The predicted molar refractivity (Wildman–Crippen MR) is 79.1 cm³/mol. The molecule has 0 saturated heterocycles. The molecule has 2 rings (SSSR count). The van der Waals surface area contributed by atoms with E-state index in [-0.39, 0.29) is 5.91 Å². The quantitative estimate of drug-likeness (QED) is 0.906. The van der Waals surface area contributed by atoms with Gasteiger partial charge < -0.3 is 5.32 Å². The zero-order chi connectivity index (χ0) is 13.1. The number of hydrogen-bond donors (Lipinski definition) is 1. The van der Waals surface area contributed by atoms with Crippen molar-refractivity contribution in [2.45, 2.75) is 20.4 Å². The third-order valence-corrected chi connectivity index (χ3v) is 3.98. The fourth-order valence-electron chi connectivity index (χ4n) is 1.72. The first-order valence-electron chi connectivity index (χ1n) is 5.65. The Labute approximate surface area is 119 Å². The summed E-state index contributed by atoms with van der Waals surface area (Å²) in [6, 6.07) is 9.82. The molecule has 0 unspecified atom stereocenters. The van der Waals surface area contributed by atoms with E-state index in [0.29, 0.717) is 12.1 Å². The Bertz CT molecular complexity index is 557. The highest BCUT2D eigenvalue weighted by atomic mass is 79.9. The second-order valence-corrected chi connectivity index (χ2v) is 6.50. The molecule has 1 aromatic heterocycles. The van der Waals surface area contributed by atoms with Crippen LogP contribution in [0.25, 0.3) is 0 Å². The fourth-order valence-corrected chi connectivity index (χ4v) is 3.15. The average molecular weight is 324 g/mol. The smallest absolute Gasteiger partial charge is 0.251 e. The Balaban J connectivity index is 2.03. The summed E-state index contributed by atoms with van der Waals surface area (Å²) in [6.45, 7) is 4.63. The monoisotopic (exact) mass is 323 g/mol. The SMILES string of the molecule is Cc1cc(Br)cc(C(=O)NCc2ccc(C)s2)c1. The third kappa shape index (κ3) is 3.43. The molecule has 18 heavy (non-hydrogen) atoms. The summed E-state index contributed by atoms with van der Waals surface area (Å²) in [4.78, 5) is 14.4. The minimum atomic E-state index is -0.0366. The van der Waals surface area contributed by atoms with Gasteiger partial charge in [0.1, 0.15) is 0 Å². The number of nitrogens with one attached hydrogen (secondary N) is 1. The summed E-state index contributed by atoms with van der Waals surface area (Å²) in [6.07, 6.45) is 0. The first kappa shape index (κ1) is 13.3. The molecule has 4 heteroatoms. The van der Waals surface area contributed by atoms with Crippen molar-refractivity contribution in [1.29, 1.82) is 0 Å². The highest BCUT2D eigenvalue weighted by molar-refractivity contribution is 9.10. The van der Waals surface area contributed by atoms with E-state index in [0.717, 1.165) is 10.0 Å². The number of hydrogen-bond acceptors (Lipinski definition) is 2. The zero-order valence-electron chi connectivity index (χ0n) is 10.3. The second kappa shape index (κ2) is 5.67. The third-order valence-electron chi connectivity index (χ3n) is 2.52. The zero-order valence-corrected chi connectivity index (χ0v) is 12.7. The Kier molecular flexibility index (Phi) is 4.19. The van der Waals surface area contributed by atoms with Gasteiger partial charge in [-0.2, -0.15) is 0 Å². The van der Waals surface area contributed by atoms with E-state index in [1.165, 1.54) is 9.75 Å². The van der Waals surface area contributed by atoms with Crippen LogP contribution < -0.4 is 5.32 Å². The molecule has 1 N–H and O–H groups in total. The molecule has 0 atom stereocenters. The predicted octanol–water partition coefficient (Wildman–Crippen LogP) is 4.06. The fraction of sp³-hybridized carbons (Fsp3) is 0.214. The number of amides is 1. The van der Waals surface area contributed by atoms with Gasteiger partial charge in [0.05, 0.1) is 6.54 Å². The Morgan fingerprint density at radius 1 is 1.28 bits per heavy atom. The molecule has 1 aromatic carbocycles. The molecule has 1 heterocycles. The van der Waals surface area contributed by atoms with E-state index in [1.54, 1.807) is 11.3 Å². The van der Waals surface area contributed by atoms with Crippen LogP contribution >= 0.6 is 27.3 Å². The molecule has 0 bridgehead atoms. The van der Waals surface area contributed by atoms with E-state index >= 15 is 0 Å². The Hall–Kier alpha value is -1.13. The van der Waals surface area contributed by atoms with Crippen LogP contribution in [-0.2, 0) is 6.54 Å². The van der Waals surface area contributed by atoms with Gasteiger partial charge in [-0.3, -0.25) is 4.79 Å². The summed E-state index contributed by atoms with van der Waals surface area (Å²) < 4.78 is 0.930. The number of carbonyl (C=O) groups is 1. The van der Waals surface area contributed by atoms with E-state index in [4.69, 9.17) is 0 Å². The topological polar surface area (TPSA) is 29.1 Å². The molecule has 2 nitrogen and oxygen atoms in total. The highest BCUT2D eigenvalue weighted by Gasteiger charge is 2.07. The van der Waals surface area contributed by atoms with E-state index in [2.05, 4.69) is 34.2 Å².